The summed E-state index contributed by atoms with van der Waals surface area (Å²) < 4.78 is 0. The van der Waals surface area contributed by atoms with Crippen molar-refractivity contribution in [3.8, 4) is 0 Å². The van der Waals surface area contributed by atoms with Crippen LogP contribution in [0.4, 0.5) is 0 Å². The van der Waals surface area contributed by atoms with Gasteiger partial charge in [-0.25, -0.2) is 12.1 Å². The maximum atomic E-state index is 3.36. The Hall–Kier alpha value is -0.430. The summed E-state index contributed by atoms with van der Waals surface area (Å²) in [6, 6.07) is 10.0. The summed E-state index contributed by atoms with van der Waals surface area (Å²) in [5.74, 6) is 0. The summed E-state index contributed by atoms with van der Waals surface area (Å²) in [4.78, 5) is 0. The first kappa shape index (κ1) is 21.9. The van der Waals surface area contributed by atoms with Gasteiger partial charge in [-0.15, -0.1) is 0 Å². The molecule has 0 unspecified atom stereocenters. The van der Waals surface area contributed by atoms with Gasteiger partial charge < -0.3 is 0 Å². The summed E-state index contributed by atoms with van der Waals surface area (Å²) in [5, 5.41) is 0. The number of allylic oxidation sites excluding steroid dienone is 2. The van der Waals surface area contributed by atoms with Crippen LogP contribution in [-0.4, -0.2) is 0 Å². The van der Waals surface area contributed by atoms with Gasteiger partial charge >= 0.3 is 22.4 Å². The maximum absolute atomic E-state index is 3.36. The number of hydrogen-bond acceptors (Lipinski definition) is 0. The van der Waals surface area contributed by atoms with Gasteiger partial charge in [-0.2, -0.15) is 18.2 Å². The summed E-state index contributed by atoms with van der Waals surface area (Å²) >= 11 is 0. The third-order valence-corrected chi connectivity index (χ3v) is 1.83. The van der Waals surface area contributed by atoms with E-state index in [0.717, 1.165) is 0 Å². The monoisotopic (exact) mass is 430 g/mol. The Kier molecular flexibility index (Phi) is 22.8. The molecule has 0 aromatic heterocycles. The average molecular weight is 430 g/mol. The molecule has 0 spiro atoms. The molecular formula is C19H21Ta+. The predicted molar refractivity (Wildman–Crippen MR) is 85.4 cm³/mol. The second-order valence-corrected chi connectivity index (χ2v) is 3.36. The van der Waals surface area contributed by atoms with Gasteiger partial charge in [0.2, 0.25) is 0 Å². The van der Waals surface area contributed by atoms with Gasteiger partial charge in [0.15, 0.2) is 0 Å². The molecule has 20 heavy (non-hydrogen) atoms. The van der Waals surface area contributed by atoms with Crippen molar-refractivity contribution in [1.29, 1.82) is 0 Å². The van der Waals surface area contributed by atoms with Crippen LogP contribution in [0.25, 0.3) is 0 Å². The molecule has 11 radical (unpaired) electrons. The van der Waals surface area contributed by atoms with Crippen LogP contribution in [0.5, 0.6) is 0 Å². The molecule has 1 aromatic carbocycles. The zero-order valence-electron chi connectivity index (χ0n) is 11.7. The van der Waals surface area contributed by atoms with Crippen LogP contribution in [0.2, 0.25) is 0 Å². The fraction of sp³-hybridized carbons (Fsp3) is 0. The summed E-state index contributed by atoms with van der Waals surface area (Å²) in [5.41, 5.74) is 0. The Morgan fingerprint density at radius 1 is 0.550 bits per heavy atom. The molecule has 0 bridgehead atoms. The fourth-order valence-corrected chi connectivity index (χ4v) is 0.962. The van der Waals surface area contributed by atoms with Crippen molar-refractivity contribution in [1.82, 2.24) is 0 Å². The van der Waals surface area contributed by atoms with Crippen molar-refractivity contribution in [2.75, 3.05) is 0 Å². The molecule has 2 saturated carbocycles. The Labute approximate surface area is 142 Å². The van der Waals surface area contributed by atoms with Crippen molar-refractivity contribution in [3.05, 3.63) is 120 Å². The number of hydrogen-bond donors (Lipinski definition) is 0. The first-order chi connectivity index (χ1) is 9.41. The van der Waals surface area contributed by atoms with E-state index >= 15 is 0 Å². The molecular weight excluding hydrogens is 409 g/mol. The van der Waals surface area contributed by atoms with Crippen LogP contribution >= 0.6 is 0 Å². The van der Waals surface area contributed by atoms with Crippen LogP contribution < -0.4 is 0 Å². The Morgan fingerprint density at radius 2 is 0.800 bits per heavy atom. The molecule has 0 atom stereocenters. The van der Waals surface area contributed by atoms with Crippen LogP contribution in [0.15, 0.2) is 55.6 Å². The number of rotatable bonds is 1. The zero-order valence-corrected chi connectivity index (χ0v) is 14.9. The van der Waals surface area contributed by atoms with E-state index in [1.165, 1.54) is 0 Å². The predicted octanol–water partition coefficient (Wildman–Crippen LogP) is 4.80. The first-order valence-corrected chi connectivity index (χ1v) is 6.15. The van der Waals surface area contributed by atoms with Gasteiger partial charge in [-0.05, 0) is 64.2 Å². The Balaban J connectivity index is 0. The Morgan fingerprint density at radius 3 is 0.900 bits per heavy atom. The van der Waals surface area contributed by atoms with Crippen LogP contribution in [0.3, 0.4) is 0 Å². The minimum Gasteiger partial charge on any atom is -0.214 e. The van der Waals surface area contributed by atoms with Gasteiger partial charge in [0, 0.05) is 0 Å². The standard InChI is InChI=1S/3C5H5.C4H6.Ta/c3*1-2-4-5-3-1;1-3-4-2;/h3*1-5H;3-4H,1-2H2;/q;;-1;;+2. The minimum absolute atomic E-state index is 0. The maximum Gasteiger partial charge on any atom is 2.00 e. The molecule has 2 fully saturated rings. The van der Waals surface area contributed by atoms with Gasteiger partial charge in [-0.1, -0.05) is 25.3 Å². The Bertz CT molecular complexity index is 205. The normalized spacial score (nSPS) is 15.0. The molecule has 2 aliphatic carbocycles. The van der Waals surface area contributed by atoms with Gasteiger partial charge in [0.05, 0.1) is 0 Å². The molecule has 2 aliphatic rings. The van der Waals surface area contributed by atoms with E-state index in [9.17, 15) is 0 Å². The second-order valence-electron chi connectivity index (χ2n) is 3.36. The molecule has 0 amide bonds. The van der Waals surface area contributed by atoms with Crippen LogP contribution in [0, 0.1) is 64.2 Å². The molecule has 0 aliphatic heterocycles. The third-order valence-electron chi connectivity index (χ3n) is 1.83. The van der Waals surface area contributed by atoms with Gasteiger partial charge in [-0.3, -0.25) is 0 Å². The zero-order chi connectivity index (χ0) is 14.0. The topological polar surface area (TPSA) is 0 Å². The van der Waals surface area contributed by atoms with Gasteiger partial charge in [0.25, 0.3) is 0 Å². The van der Waals surface area contributed by atoms with E-state index in [-0.39, 0.29) is 22.4 Å². The van der Waals surface area contributed by atoms with Crippen LogP contribution in [0.1, 0.15) is 0 Å². The van der Waals surface area contributed by atoms with E-state index in [1.807, 2.05) is 94.5 Å². The first-order valence-electron chi connectivity index (χ1n) is 6.15. The van der Waals surface area contributed by atoms with E-state index in [4.69, 9.17) is 0 Å². The summed E-state index contributed by atoms with van der Waals surface area (Å²) in [6.07, 6.45) is 23.3. The minimum atomic E-state index is 0. The van der Waals surface area contributed by atoms with Gasteiger partial charge in [0.1, 0.15) is 0 Å². The van der Waals surface area contributed by atoms with E-state index in [2.05, 4.69) is 13.2 Å². The molecule has 0 saturated heterocycles. The van der Waals surface area contributed by atoms with Crippen molar-refractivity contribution in [2.24, 2.45) is 0 Å². The molecule has 0 heterocycles. The van der Waals surface area contributed by atoms with E-state index in [0.29, 0.717) is 0 Å². The molecule has 1 heteroatoms. The quantitative estimate of drug-likeness (QED) is 0.444. The molecule has 101 valence electrons. The molecule has 0 N–H and O–H groups in total. The van der Waals surface area contributed by atoms with Crippen LogP contribution in [-0.2, 0) is 22.4 Å². The fourth-order valence-electron chi connectivity index (χ4n) is 0.962. The average Bonchev–Trinajstić information content (AvgIpc) is 3.28. The SMILES string of the molecule is C=CC=C.[CH]1[CH][CH][CH][CH]1.[CH]1[CH][CH][CH][CH]1.[Ta+2].c1cc[cH-]c1. The summed E-state index contributed by atoms with van der Waals surface area (Å²) in [6.45, 7) is 6.72. The largest absolute Gasteiger partial charge is 2.00 e. The van der Waals surface area contributed by atoms with Crippen molar-refractivity contribution in [2.45, 2.75) is 0 Å². The molecule has 0 nitrogen and oxygen atoms in total. The molecule has 1 aromatic rings. The van der Waals surface area contributed by atoms with Crippen molar-refractivity contribution in [3.63, 3.8) is 0 Å². The smallest absolute Gasteiger partial charge is 0.214 e. The van der Waals surface area contributed by atoms with E-state index < -0.39 is 0 Å². The summed E-state index contributed by atoms with van der Waals surface area (Å²) in [7, 11) is 0. The third kappa shape index (κ3) is 19.9. The second kappa shape index (κ2) is 20.9. The van der Waals surface area contributed by atoms with Crippen molar-refractivity contribution >= 4 is 0 Å². The van der Waals surface area contributed by atoms with Crippen molar-refractivity contribution < 1.29 is 22.4 Å². The molecule has 3 rings (SSSR count). The van der Waals surface area contributed by atoms with E-state index in [1.54, 1.807) is 12.2 Å².